The predicted molar refractivity (Wildman–Crippen MR) is 71.7 cm³/mol. The Kier molecular flexibility index (Phi) is 3.45. The van der Waals surface area contributed by atoms with E-state index in [2.05, 4.69) is 4.98 Å². The van der Waals surface area contributed by atoms with Gasteiger partial charge in [-0.05, 0) is 6.42 Å². The number of hydrogen-bond acceptors (Lipinski definition) is 7. The minimum atomic E-state index is -0.679. The van der Waals surface area contributed by atoms with Crippen LogP contribution in [0.4, 0.5) is 11.5 Å². The third kappa shape index (κ3) is 2.53. The second-order valence-electron chi connectivity index (χ2n) is 5.07. The Morgan fingerprint density at radius 1 is 1.48 bits per heavy atom. The summed E-state index contributed by atoms with van der Waals surface area (Å²) in [5.41, 5.74) is 0.00892. The van der Waals surface area contributed by atoms with E-state index >= 15 is 0 Å². The SMILES string of the molecule is N#Cc1cnc(N2CCCC3(C2)OCCO3)c([N+](=O)[O-])c1. The molecule has 0 aromatic carbocycles. The third-order valence-corrected chi connectivity index (χ3v) is 3.70. The van der Waals surface area contributed by atoms with E-state index in [0.717, 1.165) is 12.8 Å². The zero-order valence-electron chi connectivity index (χ0n) is 11.3. The number of nitro groups is 1. The van der Waals surface area contributed by atoms with Crippen molar-refractivity contribution in [2.75, 3.05) is 31.2 Å². The van der Waals surface area contributed by atoms with Gasteiger partial charge in [-0.15, -0.1) is 0 Å². The summed E-state index contributed by atoms with van der Waals surface area (Å²) in [5, 5.41) is 20.1. The zero-order valence-corrected chi connectivity index (χ0v) is 11.3. The Balaban J connectivity index is 1.92. The van der Waals surface area contributed by atoms with Gasteiger partial charge < -0.3 is 14.4 Å². The van der Waals surface area contributed by atoms with Gasteiger partial charge in [-0.3, -0.25) is 10.1 Å². The predicted octanol–water partition coefficient (Wildman–Crippen LogP) is 1.20. The Hall–Kier alpha value is -2.24. The second-order valence-corrected chi connectivity index (χ2v) is 5.07. The summed E-state index contributed by atoms with van der Waals surface area (Å²) in [4.78, 5) is 16.6. The van der Waals surface area contributed by atoms with Gasteiger partial charge in [0.15, 0.2) is 5.79 Å². The maximum absolute atomic E-state index is 11.2. The number of anilines is 1. The van der Waals surface area contributed by atoms with Crippen LogP contribution < -0.4 is 4.90 Å². The molecule has 21 heavy (non-hydrogen) atoms. The highest BCUT2D eigenvalue weighted by molar-refractivity contribution is 5.60. The second kappa shape index (κ2) is 5.27. The summed E-state index contributed by atoms with van der Waals surface area (Å²) in [6, 6.07) is 3.12. The first-order valence-electron chi connectivity index (χ1n) is 6.71. The number of aromatic nitrogens is 1. The van der Waals surface area contributed by atoms with Crippen LogP contribution in [0.25, 0.3) is 0 Å². The van der Waals surface area contributed by atoms with Crippen molar-refractivity contribution in [1.82, 2.24) is 4.98 Å². The summed E-state index contributed by atoms with van der Waals surface area (Å²) in [5.74, 6) is -0.418. The Morgan fingerprint density at radius 2 is 2.24 bits per heavy atom. The molecule has 0 radical (unpaired) electrons. The van der Waals surface area contributed by atoms with Gasteiger partial charge in [-0.2, -0.15) is 5.26 Å². The van der Waals surface area contributed by atoms with E-state index in [-0.39, 0.29) is 17.1 Å². The maximum Gasteiger partial charge on any atom is 0.312 e. The fourth-order valence-electron chi connectivity index (χ4n) is 2.79. The zero-order chi connectivity index (χ0) is 14.9. The third-order valence-electron chi connectivity index (χ3n) is 3.70. The van der Waals surface area contributed by atoms with E-state index in [1.165, 1.54) is 12.3 Å². The summed E-state index contributed by atoms with van der Waals surface area (Å²) in [6.07, 6.45) is 2.92. The van der Waals surface area contributed by atoms with Gasteiger partial charge in [-0.25, -0.2) is 4.98 Å². The minimum absolute atomic E-state index is 0.163. The van der Waals surface area contributed by atoms with Crippen LogP contribution in [0, 0.1) is 21.4 Å². The molecule has 0 bridgehead atoms. The van der Waals surface area contributed by atoms with Crippen molar-refractivity contribution < 1.29 is 14.4 Å². The van der Waals surface area contributed by atoms with Crippen molar-refractivity contribution in [2.45, 2.75) is 18.6 Å². The normalized spacial score (nSPS) is 20.4. The molecule has 3 rings (SSSR count). The first kappa shape index (κ1) is 13.7. The van der Waals surface area contributed by atoms with Crippen molar-refractivity contribution in [3.63, 3.8) is 0 Å². The molecule has 1 aromatic heterocycles. The van der Waals surface area contributed by atoms with E-state index in [0.29, 0.717) is 26.3 Å². The molecular weight excluding hydrogens is 276 g/mol. The number of piperidine rings is 1. The lowest BCUT2D eigenvalue weighted by Gasteiger charge is -2.38. The largest absolute Gasteiger partial charge is 0.346 e. The van der Waals surface area contributed by atoms with E-state index in [1.807, 2.05) is 6.07 Å². The quantitative estimate of drug-likeness (QED) is 0.595. The molecule has 8 heteroatoms. The summed E-state index contributed by atoms with van der Waals surface area (Å²) < 4.78 is 11.3. The Morgan fingerprint density at radius 3 is 2.90 bits per heavy atom. The first-order valence-corrected chi connectivity index (χ1v) is 6.71. The lowest BCUT2D eigenvalue weighted by atomic mass is 10.0. The van der Waals surface area contributed by atoms with Gasteiger partial charge in [0.25, 0.3) is 0 Å². The number of ether oxygens (including phenoxy) is 2. The molecule has 3 heterocycles. The molecule has 1 spiro atoms. The smallest absolute Gasteiger partial charge is 0.312 e. The molecule has 0 saturated carbocycles. The number of hydrogen-bond donors (Lipinski definition) is 0. The maximum atomic E-state index is 11.2. The van der Waals surface area contributed by atoms with E-state index in [9.17, 15) is 10.1 Å². The number of rotatable bonds is 2. The first-order chi connectivity index (χ1) is 10.1. The van der Waals surface area contributed by atoms with E-state index < -0.39 is 10.7 Å². The molecule has 1 aromatic rings. The summed E-state index contributed by atoms with van der Waals surface area (Å²) >= 11 is 0. The monoisotopic (exact) mass is 290 g/mol. The summed E-state index contributed by atoms with van der Waals surface area (Å²) in [6.45, 7) is 2.13. The molecule has 110 valence electrons. The molecule has 8 nitrogen and oxygen atoms in total. The molecule has 0 aliphatic carbocycles. The molecule has 2 aliphatic heterocycles. The topological polar surface area (TPSA) is 102 Å². The van der Waals surface area contributed by atoms with Crippen LogP contribution in [0.5, 0.6) is 0 Å². The fraction of sp³-hybridized carbons (Fsp3) is 0.538. The molecule has 0 unspecified atom stereocenters. The number of nitrogens with zero attached hydrogens (tertiary/aromatic N) is 4. The average Bonchev–Trinajstić information content (AvgIpc) is 2.94. The molecule has 2 fully saturated rings. The van der Waals surface area contributed by atoms with Crippen LogP contribution in [-0.4, -0.2) is 42.0 Å². The Bertz CT molecular complexity index is 607. The van der Waals surface area contributed by atoms with Crippen molar-refractivity contribution in [1.29, 1.82) is 5.26 Å². The number of nitriles is 1. The van der Waals surface area contributed by atoms with Gasteiger partial charge in [0.05, 0.1) is 30.2 Å². The van der Waals surface area contributed by atoms with Crippen LogP contribution >= 0.6 is 0 Å². The van der Waals surface area contributed by atoms with Crippen molar-refractivity contribution in [3.8, 4) is 6.07 Å². The average molecular weight is 290 g/mol. The van der Waals surface area contributed by atoms with Gasteiger partial charge >= 0.3 is 5.69 Å². The van der Waals surface area contributed by atoms with Crippen molar-refractivity contribution in [3.05, 3.63) is 27.9 Å². The highest BCUT2D eigenvalue weighted by Gasteiger charge is 2.42. The van der Waals surface area contributed by atoms with Gasteiger partial charge in [0, 0.05) is 25.2 Å². The van der Waals surface area contributed by atoms with Crippen molar-refractivity contribution in [2.24, 2.45) is 0 Å². The molecule has 0 N–H and O–H groups in total. The lowest BCUT2D eigenvalue weighted by molar-refractivity contribution is -0.384. The van der Waals surface area contributed by atoms with Crippen LogP contribution in [0.15, 0.2) is 12.3 Å². The standard InChI is InChI=1S/C13H14N4O4/c14-7-10-6-11(17(18)19)12(15-8-10)16-3-1-2-13(9-16)20-4-5-21-13/h6,8H,1-5,9H2. The van der Waals surface area contributed by atoms with Crippen LogP contribution in [-0.2, 0) is 9.47 Å². The highest BCUT2D eigenvalue weighted by Crippen LogP contribution is 2.35. The molecular formula is C13H14N4O4. The van der Waals surface area contributed by atoms with Crippen molar-refractivity contribution >= 4 is 11.5 Å². The van der Waals surface area contributed by atoms with Crippen LogP contribution in [0.3, 0.4) is 0 Å². The van der Waals surface area contributed by atoms with Gasteiger partial charge in [-0.1, -0.05) is 0 Å². The van der Waals surface area contributed by atoms with E-state index in [4.69, 9.17) is 14.7 Å². The van der Waals surface area contributed by atoms with Gasteiger partial charge in [0.2, 0.25) is 5.82 Å². The summed E-state index contributed by atoms with van der Waals surface area (Å²) in [7, 11) is 0. The lowest BCUT2D eigenvalue weighted by Crippen LogP contribution is -2.49. The highest BCUT2D eigenvalue weighted by atomic mass is 16.7. The molecule has 2 aliphatic rings. The number of pyridine rings is 1. The molecule has 0 atom stereocenters. The Labute approximate surface area is 121 Å². The van der Waals surface area contributed by atoms with E-state index in [1.54, 1.807) is 4.90 Å². The van der Waals surface area contributed by atoms with Crippen LogP contribution in [0.2, 0.25) is 0 Å². The molecule has 2 saturated heterocycles. The van der Waals surface area contributed by atoms with Crippen LogP contribution in [0.1, 0.15) is 18.4 Å². The minimum Gasteiger partial charge on any atom is -0.346 e. The molecule has 0 amide bonds. The fourth-order valence-corrected chi connectivity index (χ4v) is 2.79. The van der Waals surface area contributed by atoms with Gasteiger partial charge in [0.1, 0.15) is 6.07 Å².